The van der Waals surface area contributed by atoms with Gasteiger partial charge in [-0.2, -0.15) is 13.2 Å². The van der Waals surface area contributed by atoms with E-state index in [0.717, 1.165) is 29.0 Å². The highest BCUT2D eigenvalue weighted by Gasteiger charge is 2.42. The fourth-order valence-corrected chi connectivity index (χ4v) is 4.01. The third-order valence-electron chi connectivity index (χ3n) is 5.01. The Morgan fingerprint density at radius 1 is 1.15 bits per heavy atom. The molecule has 2 unspecified atom stereocenters. The van der Waals surface area contributed by atoms with E-state index in [1.807, 2.05) is 30.3 Å². The molecule has 3 aromatic rings. The topological polar surface area (TPSA) is 69.7 Å². The van der Waals surface area contributed by atoms with Crippen LogP contribution in [0, 0.1) is 0 Å². The summed E-state index contributed by atoms with van der Waals surface area (Å²) in [5.41, 5.74) is -1.50. The number of anilines is 1. The van der Waals surface area contributed by atoms with Crippen LogP contribution in [-0.4, -0.2) is 17.2 Å². The summed E-state index contributed by atoms with van der Waals surface area (Å²) in [5, 5.41) is 2.79. The average Bonchev–Trinajstić information content (AvgIpc) is 3.42. The van der Waals surface area contributed by atoms with Crippen LogP contribution in [0.3, 0.4) is 0 Å². The van der Waals surface area contributed by atoms with Gasteiger partial charge in [0.1, 0.15) is 4.34 Å². The molecule has 1 aliphatic rings. The van der Waals surface area contributed by atoms with Gasteiger partial charge in [-0.3, -0.25) is 10.1 Å². The van der Waals surface area contributed by atoms with E-state index in [-0.39, 0.29) is 16.6 Å². The quantitative estimate of drug-likeness (QED) is 0.416. The van der Waals surface area contributed by atoms with Crippen molar-refractivity contribution in [3.05, 3.63) is 94.0 Å². The van der Waals surface area contributed by atoms with Crippen molar-refractivity contribution in [1.29, 1.82) is 0 Å². The van der Waals surface area contributed by atoms with Crippen molar-refractivity contribution in [2.75, 3.05) is 5.32 Å². The first-order valence-electron chi connectivity index (χ1n) is 9.99. The Bertz CT molecular complexity index is 1180. The zero-order valence-electron chi connectivity index (χ0n) is 17.6. The van der Waals surface area contributed by atoms with Crippen LogP contribution in [-0.2, 0) is 37.2 Å². The van der Waals surface area contributed by atoms with Crippen molar-refractivity contribution in [2.24, 2.45) is 0 Å². The van der Waals surface area contributed by atoms with Crippen LogP contribution < -0.4 is 5.32 Å². The van der Waals surface area contributed by atoms with Gasteiger partial charge in [-0.1, -0.05) is 65.4 Å². The van der Waals surface area contributed by atoms with Gasteiger partial charge >= 0.3 is 12.1 Å². The van der Waals surface area contributed by atoms with E-state index in [4.69, 9.17) is 25.8 Å². The Balaban J connectivity index is 1.55. The Hall–Kier alpha value is -3.24. The summed E-state index contributed by atoms with van der Waals surface area (Å²) in [7, 11) is 0. The predicted octanol–water partition coefficient (Wildman–Crippen LogP) is 6.10. The lowest BCUT2D eigenvalue weighted by Gasteiger charge is -2.29. The van der Waals surface area contributed by atoms with E-state index in [1.54, 1.807) is 0 Å². The molecule has 2 heterocycles. The molecular formula is C23H18ClF3N2O4S. The molecule has 4 rings (SSSR count). The number of alkyl halides is 3. The number of thiazole rings is 1. The van der Waals surface area contributed by atoms with E-state index in [9.17, 15) is 18.0 Å². The summed E-state index contributed by atoms with van der Waals surface area (Å²) >= 11 is 6.90. The number of hydrogen-bond acceptors (Lipinski definition) is 6. The number of benzene rings is 2. The summed E-state index contributed by atoms with van der Waals surface area (Å²) in [5.74, 6) is -0.773. The minimum absolute atomic E-state index is 0.0874. The molecular weight excluding hydrogens is 493 g/mol. The molecule has 0 spiro atoms. The zero-order valence-corrected chi connectivity index (χ0v) is 19.2. The summed E-state index contributed by atoms with van der Waals surface area (Å²) < 4.78 is 56.5. The molecule has 2 aromatic carbocycles. The number of rotatable bonds is 7. The molecule has 11 heteroatoms. The standard InChI is InChI=1S/C23H18ClF3N2O4S/c1-22(20(30)29-21-28-12-17(24)34-21,15-7-9-16(10-8-15)23(25,26)27)33-19-13-31-18(32-19)11-14-5-3-2-4-6-14/h2-10,12-13,18H,11H2,1H3,(H,28,29,30). The lowest BCUT2D eigenvalue weighted by molar-refractivity contribution is -0.148. The number of carbonyl (C=O) groups is 1. The second-order valence-electron chi connectivity index (χ2n) is 7.44. The molecule has 0 saturated carbocycles. The molecule has 0 radical (unpaired) electrons. The first-order valence-corrected chi connectivity index (χ1v) is 11.2. The van der Waals surface area contributed by atoms with Crippen molar-refractivity contribution >= 4 is 34.0 Å². The van der Waals surface area contributed by atoms with Gasteiger partial charge < -0.3 is 14.2 Å². The fourth-order valence-electron chi connectivity index (χ4n) is 3.20. The first-order chi connectivity index (χ1) is 16.1. The minimum Gasteiger partial charge on any atom is -0.455 e. The second-order valence-corrected chi connectivity index (χ2v) is 9.11. The molecule has 0 fully saturated rings. The maximum absolute atomic E-state index is 13.2. The minimum atomic E-state index is -4.52. The molecule has 178 valence electrons. The number of ether oxygens (including phenoxy) is 3. The Kier molecular flexibility index (Phi) is 6.72. The number of nitrogens with one attached hydrogen (secondary N) is 1. The normalized spacial score (nSPS) is 17.2. The van der Waals surface area contributed by atoms with Gasteiger partial charge in [0, 0.05) is 12.0 Å². The second kappa shape index (κ2) is 9.55. The molecule has 1 amide bonds. The Labute approximate surface area is 201 Å². The van der Waals surface area contributed by atoms with Crippen LogP contribution in [0.4, 0.5) is 18.3 Å². The summed E-state index contributed by atoms with van der Waals surface area (Å²) in [6.45, 7) is 1.41. The van der Waals surface area contributed by atoms with Gasteiger partial charge in [0.2, 0.25) is 11.9 Å². The smallest absolute Gasteiger partial charge is 0.416 e. The average molecular weight is 511 g/mol. The van der Waals surface area contributed by atoms with E-state index in [0.29, 0.717) is 10.8 Å². The van der Waals surface area contributed by atoms with Gasteiger partial charge in [0.25, 0.3) is 5.91 Å². The molecule has 1 aliphatic heterocycles. The van der Waals surface area contributed by atoms with Gasteiger partial charge in [-0.25, -0.2) is 4.98 Å². The van der Waals surface area contributed by atoms with Gasteiger partial charge in [-0.05, 0) is 24.6 Å². The maximum Gasteiger partial charge on any atom is 0.416 e. The van der Waals surface area contributed by atoms with Gasteiger partial charge in [0.05, 0.1) is 11.8 Å². The van der Waals surface area contributed by atoms with Crippen LogP contribution in [0.5, 0.6) is 0 Å². The van der Waals surface area contributed by atoms with Crippen molar-refractivity contribution in [1.82, 2.24) is 4.98 Å². The highest BCUT2D eigenvalue weighted by molar-refractivity contribution is 7.19. The fraction of sp³-hybridized carbons (Fsp3) is 0.217. The highest BCUT2D eigenvalue weighted by Crippen LogP contribution is 2.36. The lowest BCUT2D eigenvalue weighted by Crippen LogP contribution is -2.40. The van der Waals surface area contributed by atoms with E-state index < -0.39 is 29.5 Å². The lowest BCUT2D eigenvalue weighted by atomic mass is 9.93. The maximum atomic E-state index is 13.2. The predicted molar refractivity (Wildman–Crippen MR) is 120 cm³/mol. The Morgan fingerprint density at radius 2 is 1.82 bits per heavy atom. The molecule has 34 heavy (non-hydrogen) atoms. The van der Waals surface area contributed by atoms with E-state index in [2.05, 4.69) is 10.3 Å². The van der Waals surface area contributed by atoms with Gasteiger partial charge in [-0.15, -0.1) is 0 Å². The van der Waals surface area contributed by atoms with E-state index >= 15 is 0 Å². The molecule has 0 saturated heterocycles. The summed E-state index contributed by atoms with van der Waals surface area (Å²) in [6.07, 6.45) is -2.20. The summed E-state index contributed by atoms with van der Waals surface area (Å²) in [6, 6.07) is 13.6. The largest absolute Gasteiger partial charge is 0.455 e. The van der Waals surface area contributed by atoms with Crippen molar-refractivity contribution in [2.45, 2.75) is 31.4 Å². The molecule has 6 nitrogen and oxygen atoms in total. The number of aromatic nitrogens is 1. The third kappa shape index (κ3) is 5.45. The number of hydrogen-bond donors (Lipinski definition) is 1. The number of amides is 1. The molecule has 1 aromatic heterocycles. The SMILES string of the molecule is CC(OC1=COC(Cc2ccccc2)O1)(C(=O)Nc1ncc(Cl)s1)c1ccc(C(F)(F)F)cc1. The van der Waals surface area contributed by atoms with Crippen LogP contribution >= 0.6 is 22.9 Å². The van der Waals surface area contributed by atoms with Crippen LogP contribution in [0.25, 0.3) is 0 Å². The molecule has 1 N–H and O–H groups in total. The van der Waals surface area contributed by atoms with Crippen molar-refractivity contribution < 1.29 is 32.2 Å². The zero-order chi connectivity index (χ0) is 24.3. The molecule has 2 atom stereocenters. The third-order valence-corrected chi connectivity index (χ3v) is 6.04. The Morgan fingerprint density at radius 3 is 2.44 bits per heavy atom. The van der Waals surface area contributed by atoms with Crippen LogP contribution in [0.2, 0.25) is 4.34 Å². The van der Waals surface area contributed by atoms with Crippen LogP contribution in [0.1, 0.15) is 23.6 Å². The van der Waals surface area contributed by atoms with Crippen molar-refractivity contribution in [3.8, 4) is 0 Å². The van der Waals surface area contributed by atoms with E-state index in [1.165, 1.54) is 31.5 Å². The molecule has 0 bridgehead atoms. The van der Waals surface area contributed by atoms with Gasteiger partial charge in [0.15, 0.2) is 11.4 Å². The van der Waals surface area contributed by atoms with Crippen LogP contribution in [0.15, 0.2) is 73.0 Å². The molecule has 0 aliphatic carbocycles. The first kappa shape index (κ1) is 23.9. The monoisotopic (exact) mass is 510 g/mol. The number of halogens is 4. The summed E-state index contributed by atoms with van der Waals surface area (Å²) in [4.78, 5) is 17.2. The number of carbonyl (C=O) groups excluding carboxylic acids is 1. The highest BCUT2D eigenvalue weighted by atomic mass is 35.5. The number of nitrogens with zero attached hydrogens (tertiary/aromatic N) is 1. The van der Waals surface area contributed by atoms with Crippen molar-refractivity contribution in [3.63, 3.8) is 0 Å².